The van der Waals surface area contributed by atoms with Gasteiger partial charge in [0.1, 0.15) is 5.82 Å². The minimum Gasteiger partial charge on any atom is -0.370 e. The second-order valence-corrected chi connectivity index (χ2v) is 5.06. The Labute approximate surface area is 116 Å². The zero-order valence-electron chi connectivity index (χ0n) is 12.6. The summed E-state index contributed by atoms with van der Waals surface area (Å²) in [5.74, 6) is 1.20. The maximum atomic E-state index is 12.2. The summed E-state index contributed by atoms with van der Waals surface area (Å²) in [7, 11) is 0. The summed E-state index contributed by atoms with van der Waals surface area (Å²) in [5.41, 5.74) is 1.51. The first kappa shape index (κ1) is 15.5. The molecule has 2 unspecified atom stereocenters. The summed E-state index contributed by atoms with van der Waals surface area (Å²) in [4.78, 5) is 16.6. The van der Waals surface area contributed by atoms with E-state index in [9.17, 15) is 4.79 Å². The second kappa shape index (κ2) is 7.12. The summed E-state index contributed by atoms with van der Waals surface area (Å²) in [6.07, 6.45) is 1.06. The molecule has 106 valence electrons. The van der Waals surface area contributed by atoms with E-state index in [1.807, 2.05) is 26.8 Å². The van der Waals surface area contributed by atoms with Crippen molar-refractivity contribution >= 4 is 11.7 Å². The van der Waals surface area contributed by atoms with Crippen molar-refractivity contribution in [2.45, 2.75) is 47.1 Å². The summed E-state index contributed by atoms with van der Waals surface area (Å²) < 4.78 is 0. The third kappa shape index (κ3) is 4.54. The number of pyridine rings is 1. The normalized spacial score (nSPS) is 13.7. The van der Waals surface area contributed by atoms with Crippen LogP contribution in [0.1, 0.15) is 50.2 Å². The van der Waals surface area contributed by atoms with Crippen LogP contribution < -0.4 is 10.6 Å². The highest BCUT2D eigenvalue weighted by molar-refractivity contribution is 5.95. The van der Waals surface area contributed by atoms with E-state index in [1.165, 1.54) is 0 Å². The molecule has 1 aromatic heterocycles. The van der Waals surface area contributed by atoms with Gasteiger partial charge in [-0.3, -0.25) is 4.79 Å². The molecule has 0 aliphatic carbocycles. The number of nitrogens with zero attached hydrogens (tertiary/aromatic N) is 1. The van der Waals surface area contributed by atoms with Gasteiger partial charge in [0, 0.05) is 23.8 Å². The van der Waals surface area contributed by atoms with Crippen molar-refractivity contribution in [3.8, 4) is 0 Å². The van der Waals surface area contributed by atoms with Gasteiger partial charge in [-0.1, -0.05) is 20.3 Å². The van der Waals surface area contributed by atoms with Gasteiger partial charge >= 0.3 is 0 Å². The highest BCUT2D eigenvalue weighted by Crippen LogP contribution is 2.12. The van der Waals surface area contributed by atoms with Gasteiger partial charge in [0.2, 0.25) is 0 Å². The molecule has 0 saturated carbocycles. The summed E-state index contributed by atoms with van der Waals surface area (Å²) >= 11 is 0. The number of carbonyl (C=O) groups is 1. The van der Waals surface area contributed by atoms with E-state index in [4.69, 9.17) is 0 Å². The Balaban J connectivity index is 2.81. The van der Waals surface area contributed by atoms with Gasteiger partial charge in [0.25, 0.3) is 5.91 Å². The Morgan fingerprint density at radius 3 is 2.58 bits per heavy atom. The minimum atomic E-state index is -0.0301. The van der Waals surface area contributed by atoms with Crippen molar-refractivity contribution in [2.24, 2.45) is 5.92 Å². The summed E-state index contributed by atoms with van der Waals surface area (Å²) in [5, 5.41) is 6.19. The Kier molecular flexibility index (Phi) is 5.80. The maximum Gasteiger partial charge on any atom is 0.251 e. The molecule has 1 aromatic rings. The lowest BCUT2D eigenvalue weighted by Crippen LogP contribution is -2.37. The molecule has 0 aliphatic rings. The van der Waals surface area contributed by atoms with Crippen LogP contribution in [0.15, 0.2) is 12.1 Å². The topological polar surface area (TPSA) is 54.0 Å². The molecule has 4 heteroatoms. The molecule has 0 aliphatic heterocycles. The van der Waals surface area contributed by atoms with Gasteiger partial charge in [-0.25, -0.2) is 4.98 Å². The zero-order valence-corrected chi connectivity index (χ0v) is 12.6. The molecule has 2 N–H and O–H groups in total. The Morgan fingerprint density at radius 2 is 2.00 bits per heavy atom. The average molecular weight is 263 g/mol. The van der Waals surface area contributed by atoms with Crippen LogP contribution in [-0.2, 0) is 0 Å². The van der Waals surface area contributed by atoms with Crippen LogP contribution in [0.4, 0.5) is 5.82 Å². The number of aryl methyl sites for hydroxylation is 1. The molecule has 0 bridgehead atoms. The van der Waals surface area contributed by atoms with Crippen LogP contribution in [0.2, 0.25) is 0 Å². The molecule has 1 rings (SSSR count). The fourth-order valence-corrected chi connectivity index (χ4v) is 1.86. The van der Waals surface area contributed by atoms with Gasteiger partial charge in [-0.05, 0) is 38.8 Å². The highest BCUT2D eigenvalue weighted by Gasteiger charge is 2.15. The Hall–Kier alpha value is -1.58. The first-order chi connectivity index (χ1) is 8.97. The molecule has 0 aromatic carbocycles. The molecular formula is C15H25N3O. The standard InChI is InChI=1S/C15H25N3O/c1-6-10(3)12(5)18-15(19)13-8-11(4)17-14(9-13)16-7-2/h8-10,12H,6-7H2,1-5H3,(H,16,17)(H,18,19). The number of rotatable bonds is 6. The third-order valence-electron chi connectivity index (χ3n) is 3.43. The van der Waals surface area contributed by atoms with E-state index in [1.54, 1.807) is 6.07 Å². The van der Waals surface area contributed by atoms with Gasteiger partial charge < -0.3 is 10.6 Å². The molecular weight excluding hydrogens is 238 g/mol. The Bertz CT molecular complexity index is 431. The fourth-order valence-electron chi connectivity index (χ4n) is 1.86. The molecule has 0 spiro atoms. The molecule has 1 heterocycles. The molecule has 4 nitrogen and oxygen atoms in total. The van der Waals surface area contributed by atoms with Crippen LogP contribution in [0, 0.1) is 12.8 Å². The van der Waals surface area contributed by atoms with Crippen molar-refractivity contribution in [3.05, 3.63) is 23.4 Å². The first-order valence-electron chi connectivity index (χ1n) is 7.01. The molecule has 0 radical (unpaired) electrons. The molecule has 2 atom stereocenters. The lowest BCUT2D eigenvalue weighted by molar-refractivity contribution is 0.0928. The number of hydrogen-bond acceptors (Lipinski definition) is 3. The van der Waals surface area contributed by atoms with Crippen molar-refractivity contribution in [1.82, 2.24) is 10.3 Å². The molecule has 1 amide bonds. The van der Waals surface area contributed by atoms with Crippen molar-refractivity contribution in [2.75, 3.05) is 11.9 Å². The van der Waals surface area contributed by atoms with Crippen molar-refractivity contribution in [1.29, 1.82) is 0 Å². The highest BCUT2D eigenvalue weighted by atomic mass is 16.1. The van der Waals surface area contributed by atoms with Crippen LogP contribution >= 0.6 is 0 Å². The van der Waals surface area contributed by atoms with Crippen LogP contribution in [-0.4, -0.2) is 23.5 Å². The number of anilines is 1. The van der Waals surface area contributed by atoms with Gasteiger partial charge in [-0.2, -0.15) is 0 Å². The fraction of sp³-hybridized carbons (Fsp3) is 0.600. The Morgan fingerprint density at radius 1 is 1.32 bits per heavy atom. The molecule has 19 heavy (non-hydrogen) atoms. The molecule has 0 saturated heterocycles. The third-order valence-corrected chi connectivity index (χ3v) is 3.43. The van der Waals surface area contributed by atoms with Crippen molar-refractivity contribution in [3.63, 3.8) is 0 Å². The summed E-state index contributed by atoms with van der Waals surface area (Å²) in [6.45, 7) is 11.0. The number of amides is 1. The van der Waals surface area contributed by atoms with E-state index in [-0.39, 0.29) is 11.9 Å². The maximum absolute atomic E-state index is 12.2. The quantitative estimate of drug-likeness (QED) is 0.829. The van der Waals surface area contributed by atoms with Crippen LogP contribution in [0.3, 0.4) is 0 Å². The number of hydrogen-bond donors (Lipinski definition) is 2. The predicted molar refractivity (Wildman–Crippen MR) is 79.5 cm³/mol. The lowest BCUT2D eigenvalue weighted by atomic mass is 10.0. The van der Waals surface area contributed by atoms with Crippen molar-refractivity contribution < 1.29 is 4.79 Å². The van der Waals surface area contributed by atoms with E-state index >= 15 is 0 Å². The largest absolute Gasteiger partial charge is 0.370 e. The van der Waals surface area contributed by atoms with Gasteiger partial charge in [0.05, 0.1) is 0 Å². The average Bonchev–Trinajstić information content (AvgIpc) is 2.37. The number of aromatic nitrogens is 1. The van der Waals surface area contributed by atoms with Crippen LogP contribution in [0.5, 0.6) is 0 Å². The first-order valence-corrected chi connectivity index (χ1v) is 7.01. The van der Waals surface area contributed by atoms with E-state index in [2.05, 4.69) is 29.5 Å². The van der Waals surface area contributed by atoms with E-state index in [0.29, 0.717) is 11.5 Å². The number of carbonyl (C=O) groups excluding carboxylic acids is 1. The smallest absolute Gasteiger partial charge is 0.251 e. The number of nitrogens with one attached hydrogen (secondary N) is 2. The van der Waals surface area contributed by atoms with Gasteiger partial charge in [0.15, 0.2) is 0 Å². The lowest BCUT2D eigenvalue weighted by Gasteiger charge is -2.20. The SMILES string of the molecule is CCNc1cc(C(=O)NC(C)C(C)CC)cc(C)n1. The minimum absolute atomic E-state index is 0.0301. The van der Waals surface area contributed by atoms with E-state index in [0.717, 1.165) is 24.5 Å². The van der Waals surface area contributed by atoms with Crippen LogP contribution in [0.25, 0.3) is 0 Å². The van der Waals surface area contributed by atoms with Gasteiger partial charge in [-0.15, -0.1) is 0 Å². The zero-order chi connectivity index (χ0) is 14.4. The second-order valence-electron chi connectivity index (χ2n) is 5.06. The summed E-state index contributed by atoms with van der Waals surface area (Å²) in [6, 6.07) is 3.79. The monoisotopic (exact) mass is 263 g/mol. The predicted octanol–water partition coefficient (Wildman–Crippen LogP) is 2.99. The molecule has 0 fully saturated rings. The van der Waals surface area contributed by atoms with E-state index < -0.39 is 0 Å².